The van der Waals surface area contributed by atoms with Gasteiger partial charge in [-0.1, -0.05) is 13.8 Å². The summed E-state index contributed by atoms with van der Waals surface area (Å²) < 4.78 is 59.5. The van der Waals surface area contributed by atoms with Crippen molar-refractivity contribution in [3.8, 4) is 5.75 Å². The highest BCUT2D eigenvalue weighted by Gasteiger charge is 2.22. The fraction of sp³-hybridized carbons (Fsp3) is 0.538. The number of ether oxygens (including phenoxy) is 2. The molecule has 1 aromatic carbocycles. The zero-order valence-electron chi connectivity index (χ0n) is 11.7. The van der Waals surface area contributed by atoms with Crippen LogP contribution in [0.2, 0.25) is 0 Å². The average molecular weight is 343 g/mol. The Labute approximate surface area is 127 Å². The molecule has 4 nitrogen and oxygen atoms in total. The van der Waals surface area contributed by atoms with Gasteiger partial charge in [0.2, 0.25) is 0 Å². The van der Waals surface area contributed by atoms with Crippen molar-refractivity contribution in [1.82, 2.24) is 0 Å². The summed E-state index contributed by atoms with van der Waals surface area (Å²) in [5, 5.41) is 0. The van der Waals surface area contributed by atoms with Crippen molar-refractivity contribution in [2.45, 2.75) is 25.2 Å². The Kier molecular flexibility index (Phi) is 6.83. The van der Waals surface area contributed by atoms with E-state index in [2.05, 4.69) is 0 Å². The van der Waals surface area contributed by atoms with Crippen LogP contribution in [0.15, 0.2) is 17.0 Å². The smallest absolute Gasteiger partial charge is 0.265 e. The van der Waals surface area contributed by atoms with Crippen molar-refractivity contribution >= 4 is 19.7 Å². The van der Waals surface area contributed by atoms with Crippen LogP contribution in [0.5, 0.6) is 5.75 Å². The summed E-state index contributed by atoms with van der Waals surface area (Å²) >= 11 is 0. The molecule has 120 valence electrons. The molecule has 21 heavy (non-hydrogen) atoms. The second-order valence-electron chi connectivity index (χ2n) is 4.80. The topological polar surface area (TPSA) is 52.6 Å². The maximum atomic E-state index is 13.6. The minimum absolute atomic E-state index is 0.0694. The predicted octanol–water partition coefficient (Wildman–Crippen LogP) is 3.33. The molecule has 0 saturated carbocycles. The lowest BCUT2D eigenvalue weighted by molar-refractivity contribution is 0.0902. The quantitative estimate of drug-likeness (QED) is 0.537. The van der Waals surface area contributed by atoms with E-state index in [1.165, 1.54) is 0 Å². The van der Waals surface area contributed by atoms with Crippen molar-refractivity contribution in [1.29, 1.82) is 0 Å². The Bertz CT molecular complexity index is 576. The van der Waals surface area contributed by atoms with Crippen molar-refractivity contribution in [3.63, 3.8) is 0 Å². The van der Waals surface area contributed by atoms with Crippen LogP contribution in [0.1, 0.15) is 20.3 Å². The van der Waals surface area contributed by atoms with Crippen LogP contribution in [0.3, 0.4) is 0 Å². The first-order chi connectivity index (χ1) is 9.71. The van der Waals surface area contributed by atoms with Crippen LogP contribution in [0.25, 0.3) is 0 Å². The molecule has 0 heterocycles. The summed E-state index contributed by atoms with van der Waals surface area (Å²) in [7, 11) is 0.822. The Morgan fingerprint density at radius 3 is 2.43 bits per heavy atom. The van der Waals surface area contributed by atoms with Crippen molar-refractivity contribution in [2.75, 3.05) is 19.8 Å². The summed E-state index contributed by atoms with van der Waals surface area (Å²) in [5.74, 6) is -2.28. The van der Waals surface area contributed by atoms with Gasteiger partial charge in [-0.15, -0.1) is 0 Å². The van der Waals surface area contributed by atoms with Gasteiger partial charge in [-0.3, -0.25) is 0 Å². The van der Waals surface area contributed by atoms with Gasteiger partial charge >= 0.3 is 0 Å². The summed E-state index contributed by atoms with van der Waals surface area (Å²) in [6.07, 6.45) is 0.867. The Balaban J connectivity index is 2.67. The largest absolute Gasteiger partial charge is 0.487 e. The van der Waals surface area contributed by atoms with Crippen molar-refractivity contribution in [3.05, 3.63) is 23.8 Å². The SMILES string of the molecule is CC(C)CCOCCOc1c(F)cc(F)cc1S(=O)(=O)Cl. The van der Waals surface area contributed by atoms with E-state index in [0.29, 0.717) is 24.7 Å². The van der Waals surface area contributed by atoms with Crippen LogP contribution in [0.4, 0.5) is 8.78 Å². The second-order valence-corrected chi connectivity index (χ2v) is 7.33. The third-order valence-electron chi connectivity index (χ3n) is 2.55. The summed E-state index contributed by atoms with van der Waals surface area (Å²) in [6.45, 7) is 4.70. The molecule has 0 aliphatic rings. The number of hydrogen-bond donors (Lipinski definition) is 0. The molecule has 0 N–H and O–H groups in total. The highest BCUT2D eigenvalue weighted by atomic mass is 35.7. The van der Waals surface area contributed by atoms with Gasteiger partial charge in [0.05, 0.1) is 6.61 Å². The molecular formula is C13H17ClF2O4S. The average Bonchev–Trinajstić information content (AvgIpc) is 2.33. The van der Waals surface area contributed by atoms with Crippen LogP contribution in [-0.2, 0) is 13.8 Å². The van der Waals surface area contributed by atoms with Gasteiger partial charge in [-0.2, -0.15) is 0 Å². The predicted molar refractivity (Wildman–Crippen MR) is 75.2 cm³/mol. The lowest BCUT2D eigenvalue weighted by Gasteiger charge is -2.11. The van der Waals surface area contributed by atoms with E-state index < -0.39 is 31.3 Å². The number of halogens is 3. The second kappa shape index (κ2) is 7.91. The van der Waals surface area contributed by atoms with E-state index in [1.807, 2.05) is 13.8 Å². The Hall–Kier alpha value is -0.920. The first-order valence-electron chi connectivity index (χ1n) is 6.36. The first kappa shape index (κ1) is 18.1. The first-order valence-corrected chi connectivity index (χ1v) is 8.67. The maximum Gasteiger partial charge on any atom is 0.265 e. The summed E-state index contributed by atoms with van der Waals surface area (Å²) in [5.41, 5.74) is 0. The molecule has 1 aromatic rings. The molecule has 0 spiro atoms. The van der Waals surface area contributed by atoms with Gasteiger partial charge < -0.3 is 9.47 Å². The molecule has 0 amide bonds. The Morgan fingerprint density at radius 1 is 1.19 bits per heavy atom. The van der Waals surface area contributed by atoms with Gasteiger partial charge in [0.15, 0.2) is 11.6 Å². The lowest BCUT2D eigenvalue weighted by Crippen LogP contribution is -2.11. The number of benzene rings is 1. The number of hydrogen-bond acceptors (Lipinski definition) is 4. The molecule has 0 unspecified atom stereocenters. The Morgan fingerprint density at radius 2 is 1.86 bits per heavy atom. The fourth-order valence-corrected chi connectivity index (χ4v) is 2.46. The third-order valence-corrected chi connectivity index (χ3v) is 3.88. The van der Waals surface area contributed by atoms with E-state index in [-0.39, 0.29) is 13.2 Å². The van der Waals surface area contributed by atoms with Crippen LogP contribution in [-0.4, -0.2) is 28.2 Å². The monoisotopic (exact) mass is 342 g/mol. The van der Waals surface area contributed by atoms with Gasteiger partial charge in [-0.05, 0) is 18.4 Å². The molecular weight excluding hydrogens is 326 g/mol. The molecule has 0 saturated heterocycles. The highest BCUT2D eigenvalue weighted by molar-refractivity contribution is 8.13. The van der Waals surface area contributed by atoms with Crippen molar-refractivity contribution < 1.29 is 26.7 Å². The normalized spacial score (nSPS) is 11.9. The third kappa shape index (κ3) is 6.15. The van der Waals surface area contributed by atoms with E-state index in [9.17, 15) is 17.2 Å². The molecule has 0 bridgehead atoms. The molecule has 0 aliphatic carbocycles. The molecule has 0 aliphatic heterocycles. The molecule has 8 heteroatoms. The zero-order chi connectivity index (χ0) is 16.0. The molecule has 1 rings (SSSR count). The molecule has 0 aromatic heterocycles. The summed E-state index contributed by atoms with van der Waals surface area (Å²) in [6, 6.07) is 1.14. The van der Waals surface area contributed by atoms with Crippen LogP contribution < -0.4 is 4.74 Å². The summed E-state index contributed by atoms with van der Waals surface area (Å²) in [4.78, 5) is -0.733. The minimum Gasteiger partial charge on any atom is -0.487 e. The fourth-order valence-electron chi connectivity index (χ4n) is 1.48. The lowest BCUT2D eigenvalue weighted by atomic mass is 10.1. The van der Waals surface area contributed by atoms with Crippen molar-refractivity contribution in [2.24, 2.45) is 5.92 Å². The highest BCUT2D eigenvalue weighted by Crippen LogP contribution is 2.30. The molecule has 0 atom stereocenters. The number of rotatable bonds is 8. The van der Waals surface area contributed by atoms with E-state index in [1.54, 1.807) is 0 Å². The maximum absolute atomic E-state index is 13.6. The van der Waals surface area contributed by atoms with E-state index in [4.69, 9.17) is 20.2 Å². The van der Waals surface area contributed by atoms with Gasteiger partial charge in [0.1, 0.15) is 17.3 Å². The van der Waals surface area contributed by atoms with Gasteiger partial charge in [0, 0.05) is 23.4 Å². The van der Waals surface area contributed by atoms with E-state index in [0.717, 1.165) is 6.42 Å². The van der Waals surface area contributed by atoms with Crippen LogP contribution in [0, 0.1) is 17.6 Å². The zero-order valence-corrected chi connectivity index (χ0v) is 13.3. The minimum atomic E-state index is -4.31. The standard InChI is InChI=1S/C13H17ClF2O4S/c1-9(2)3-4-19-5-6-20-13-11(16)7-10(15)8-12(13)21(14,17)18/h7-9H,3-6H2,1-2H3. The molecule has 0 radical (unpaired) electrons. The van der Waals surface area contributed by atoms with Gasteiger partial charge in [0.25, 0.3) is 9.05 Å². The van der Waals surface area contributed by atoms with E-state index >= 15 is 0 Å². The molecule has 0 fully saturated rings. The van der Waals surface area contributed by atoms with Crippen LogP contribution >= 0.6 is 10.7 Å². The van der Waals surface area contributed by atoms with Gasteiger partial charge in [-0.25, -0.2) is 17.2 Å².